The van der Waals surface area contributed by atoms with Crippen LogP contribution in [0.25, 0.3) is 11.3 Å². The number of nitrogens with zero attached hydrogens (tertiary/aromatic N) is 1. The van der Waals surface area contributed by atoms with Crippen LogP contribution in [0.1, 0.15) is 41.0 Å². The second kappa shape index (κ2) is 8.78. The molecule has 0 saturated carbocycles. The lowest BCUT2D eigenvalue weighted by atomic mass is 10.0. The Morgan fingerprint density at radius 3 is 2.34 bits per heavy atom. The number of rotatable bonds is 7. The van der Waals surface area contributed by atoms with Gasteiger partial charge in [-0.05, 0) is 64.1 Å². The first-order chi connectivity index (χ1) is 13.8. The molecule has 150 valence electrons. The number of aromatic nitrogens is 1. The summed E-state index contributed by atoms with van der Waals surface area (Å²) in [5.41, 5.74) is 4.16. The number of pyridine rings is 1. The van der Waals surface area contributed by atoms with E-state index in [0.29, 0.717) is 22.9 Å². The van der Waals surface area contributed by atoms with Crippen molar-refractivity contribution in [1.82, 2.24) is 4.98 Å². The van der Waals surface area contributed by atoms with Gasteiger partial charge in [-0.25, -0.2) is 9.78 Å². The molecule has 1 aromatic heterocycles. The van der Waals surface area contributed by atoms with E-state index in [1.807, 2.05) is 70.2 Å². The summed E-state index contributed by atoms with van der Waals surface area (Å²) in [7, 11) is 0. The van der Waals surface area contributed by atoms with Crippen LogP contribution in [0.3, 0.4) is 0 Å². The fraction of sp³-hybridized carbons (Fsp3) is 0.250. The van der Waals surface area contributed by atoms with Gasteiger partial charge in [0, 0.05) is 5.56 Å². The fourth-order valence-electron chi connectivity index (χ4n) is 2.94. The van der Waals surface area contributed by atoms with Crippen molar-refractivity contribution in [3.8, 4) is 22.8 Å². The molecule has 5 nitrogen and oxygen atoms in total. The second-order valence-corrected chi connectivity index (χ2v) is 7.26. The van der Waals surface area contributed by atoms with Gasteiger partial charge in [0.25, 0.3) is 0 Å². The molecule has 0 saturated heterocycles. The lowest BCUT2D eigenvalue weighted by Gasteiger charge is -2.16. The minimum absolute atomic E-state index is 0.0130. The monoisotopic (exact) mass is 391 g/mol. The van der Waals surface area contributed by atoms with Gasteiger partial charge in [-0.2, -0.15) is 0 Å². The Kier molecular flexibility index (Phi) is 6.17. The molecule has 0 bridgehead atoms. The van der Waals surface area contributed by atoms with Crippen molar-refractivity contribution in [1.29, 1.82) is 0 Å². The van der Waals surface area contributed by atoms with Crippen LogP contribution in [-0.2, 0) is 6.61 Å². The smallest absolute Gasteiger partial charge is 0.337 e. The Balaban J connectivity index is 1.97. The molecule has 0 aliphatic carbocycles. The Morgan fingerprint density at radius 1 is 1.00 bits per heavy atom. The number of ether oxygens (including phenoxy) is 2. The largest absolute Gasteiger partial charge is 0.490 e. The molecule has 0 aliphatic heterocycles. The number of carboxylic acid groups (broad SMARTS) is 1. The molecule has 0 atom stereocenters. The Bertz CT molecular complexity index is 1010. The molecule has 1 heterocycles. The Morgan fingerprint density at radius 2 is 1.69 bits per heavy atom. The third-order valence-corrected chi connectivity index (χ3v) is 4.37. The average molecular weight is 391 g/mol. The number of hydrogen-bond acceptors (Lipinski definition) is 4. The molecule has 3 rings (SSSR count). The Labute approximate surface area is 171 Å². The van der Waals surface area contributed by atoms with Crippen LogP contribution < -0.4 is 9.47 Å². The number of hydrogen-bond donors (Lipinski definition) is 1. The lowest BCUT2D eigenvalue weighted by molar-refractivity contribution is 0.0693. The zero-order valence-electron chi connectivity index (χ0n) is 17.1. The predicted octanol–water partition coefficient (Wildman–Crippen LogP) is 5.43. The third-order valence-electron chi connectivity index (χ3n) is 4.37. The van der Waals surface area contributed by atoms with Gasteiger partial charge in [-0.1, -0.05) is 29.3 Å². The zero-order valence-corrected chi connectivity index (χ0v) is 17.1. The lowest BCUT2D eigenvalue weighted by Crippen LogP contribution is -2.10. The van der Waals surface area contributed by atoms with Crippen LogP contribution in [0.15, 0.2) is 54.6 Å². The molecule has 29 heavy (non-hydrogen) atoms. The summed E-state index contributed by atoms with van der Waals surface area (Å²) in [6.07, 6.45) is 0.0130. The van der Waals surface area contributed by atoms with Gasteiger partial charge >= 0.3 is 5.97 Å². The molecule has 1 N–H and O–H groups in total. The molecular formula is C24H25NO4. The molecule has 0 aliphatic rings. The van der Waals surface area contributed by atoms with Crippen molar-refractivity contribution in [3.63, 3.8) is 0 Å². The van der Waals surface area contributed by atoms with Gasteiger partial charge < -0.3 is 14.6 Å². The van der Waals surface area contributed by atoms with E-state index >= 15 is 0 Å². The van der Waals surface area contributed by atoms with Gasteiger partial charge in [0.15, 0.2) is 0 Å². The van der Waals surface area contributed by atoms with E-state index in [-0.39, 0.29) is 18.3 Å². The first kappa shape index (κ1) is 20.4. The van der Waals surface area contributed by atoms with Gasteiger partial charge in [0.1, 0.15) is 18.1 Å². The SMILES string of the molecule is Cc1ccc(OCc2nc(-c3cc(C)ccc3OC(C)C)ccc2C(=O)O)cc1. The normalized spacial score (nSPS) is 10.8. The van der Waals surface area contributed by atoms with Gasteiger partial charge in [-0.15, -0.1) is 0 Å². The third kappa shape index (κ3) is 5.13. The summed E-state index contributed by atoms with van der Waals surface area (Å²) in [6, 6.07) is 16.8. The number of aromatic carboxylic acids is 1. The summed E-state index contributed by atoms with van der Waals surface area (Å²) >= 11 is 0. The first-order valence-corrected chi connectivity index (χ1v) is 9.54. The highest BCUT2D eigenvalue weighted by molar-refractivity contribution is 5.89. The molecular weight excluding hydrogens is 366 g/mol. The molecule has 2 aromatic carbocycles. The molecule has 0 fully saturated rings. The summed E-state index contributed by atoms with van der Waals surface area (Å²) in [5, 5.41) is 9.56. The van der Waals surface area contributed by atoms with E-state index < -0.39 is 5.97 Å². The maximum atomic E-state index is 11.7. The van der Waals surface area contributed by atoms with Crippen molar-refractivity contribution in [2.45, 2.75) is 40.4 Å². The van der Waals surface area contributed by atoms with Crippen LogP contribution >= 0.6 is 0 Å². The standard InChI is InChI=1S/C24H25NO4/c1-15(2)29-23-12-7-17(4)13-20(23)21-11-10-19(24(26)27)22(25-21)14-28-18-8-5-16(3)6-9-18/h5-13,15H,14H2,1-4H3,(H,26,27). The number of carbonyl (C=O) groups is 1. The number of carboxylic acids is 1. The number of benzene rings is 2. The molecule has 0 unspecified atom stereocenters. The van der Waals surface area contributed by atoms with Gasteiger partial charge in [0.05, 0.1) is 23.1 Å². The maximum Gasteiger partial charge on any atom is 0.337 e. The quantitative estimate of drug-likeness (QED) is 0.582. The van der Waals surface area contributed by atoms with E-state index in [4.69, 9.17) is 9.47 Å². The summed E-state index contributed by atoms with van der Waals surface area (Å²) in [5.74, 6) is 0.347. The fourth-order valence-corrected chi connectivity index (χ4v) is 2.94. The van der Waals surface area contributed by atoms with Crippen LogP contribution in [0.2, 0.25) is 0 Å². The van der Waals surface area contributed by atoms with Gasteiger partial charge in [0.2, 0.25) is 0 Å². The minimum Gasteiger partial charge on any atom is -0.490 e. The topological polar surface area (TPSA) is 68.7 Å². The van der Waals surface area contributed by atoms with Crippen molar-refractivity contribution >= 4 is 5.97 Å². The zero-order chi connectivity index (χ0) is 21.0. The summed E-state index contributed by atoms with van der Waals surface area (Å²) in [6.45, 7) is 7.98. The maximum absolute atomic E-state index is 11.7. The van der Waals surface area contributed by atoms with Crippen LogP contribution in [-0.4, -0.2) is 22.2 Å². The van der Waals surface area contributed by atoms with Crippen molar-refractivity contribution in [2.75, 3.05) is 0 Å². The van der Waals surface area contributed by atoms with Crippen molar-refractivity contribution in [3.05, 3.63) is 77.0 Å². The highest BCUT2D eigenvalue weighted by atomic mass is 16.5. The number of aryl methyl sites for hydroxylation is 2. The minimum atomic E-state index is -1.03. The Hall–Kier alpha value is -3.34. The van der Waals surface area contributed by atoms with Crippen LogP contribution in [0.4, 0.5) is 0 Å². The first-order valence-electron chi connectivity index (χ1n) is 9.54. The average Bonchev–Trinajstić information content (AvgIpc) is 2.68. The highest BCUT2D eigenvalue weighted by Crippen LogP contribution is 2.31. The molecule has 0 radical (unpaired) electrons. The van der Waals surface area contributed by atoms with Crippen LogP contribution in [0.5, 0.6) is 11.5 Å². The second-order valence-electron chi connectivity index (χ2n) is 7.26. The summed E-state index contributed by atoms with van der Waals surface area (Å²) < 4.78 is 11.7. The van der Waals surface area contributed by atoms with E-state index in [1.165, 1.54) is 0 Å². The predicted molar refractivity (Wildman–Crippen MR) is 113 cm³/mol. The van der Waals surface area contributed by atoms with E-state index in [0.717, 1.165) is 16.7 Å². The molecule has 5 heteroatoms. The van der Waals surface area contributed by atoms with Crippen molar-refractivity contribution in [2.24, 2.45) is 0 Å². The van der Waals surface area contributed by atoms with Gasteiger partial charge in [-0.3, -0.25) is 0 Å². The summed E-state index contributed by atoms with van der Waals surface area (Å²) in [4.78, 5) is 16.3. The molecule has 0 amide bonds. The van der Waals surface area contributed by atoms with E-state index in [9.17, 15) is 9.90 Å². The van der Waals surface area contributed by atoms with Crippen LogP contribution in [0, 0.1) is 13.8 Å². The highest BCUT2D eigenvalue weighted by Gasteiger charge is 2.16. The van der Waals surface area contributed by atoms with Crippen molar-refractivity contribution < 1.29 is 19.4 Å². The molecule has 0 spiro atoms. The van der Waals surface area contributed by atoms with E-state index in [1.54, 1.807) is 12.1 Å². The molecule has 3 aromatic rings. The van der Waals surface area contributed by atoms with E-state index in [2.05, 4.69) is 4.98 Å².